The van der Waals surface area contributed by atoms with E-state index in [1.807, 2.05) is 43.9 Å². The number of ether oxygens (including phenoxy) is 2. The van der Waals surface area contributed by atoms with Gasteiger partial charge in [0.2, 0.25) is 0 Å². The quantitative estimate of drug-likeness (QED) is 0.361. The summed E-state index contributed by atoms with van der Waals surface area (Å²) in [6, 6.07) is 4.35. The van der Waals surface area contributed by atoms with Gasteiger partial charge in [0.1, 0.15) is 0 Å². The molecular weight excluding hydrogens is 468 g/mol. The van der Waals surface area contributed by atoms with Crippen molar-refractivity contribution in [3.63, 3.8) is 0 Å². The maximum atomic E-state index is 13.6. The molecule has 2 aliphatic carbocycles. The van der Waals surface area contributed by atoms with Gasteiger partial charge < -0.3 is 9.47 Å². The zero-order valence-corrected chi connectivity index (χ0v) is 22.2. The summed E-state index contributed by atoms with van der Waals surface area (Å²) in [5, 5.41) is 1.38. The Morgan fingerprint density at radius 1 is 1.12 bits per heavy atom. The molecule has 34 heavy (non-hydrogen) atoms. The largest absolute Gasteiger partial charge is 0.490 e. The lowest BCUT2D eigenvalue weighted by molar-refractivity contribution is -0.124. The lowest BCUT2D eigenvalue weighted by Crippen LogP contribution is -2.41. The average Bonchev–Trinajstić information content (AvgIpc) is 3.11. The van der Waals surface area contributed by atoms with Gasteiger partial charge in [-0.25, -0.2) is 0 Å². The lowest BCUT2D eigenvalue weighted by atomic mass is 9.94. The number of benzene rings is 1. The van der Waals surface area contributed by atoms with Gasteiger partial charge in [-0.05, 0) is 82.0 Å². The van der Waals surface area contributed by atoms with Crippen molar-refractivity contribution in [3.8, 4) is 11.5 Å². The minimum atomic E-state index is -0.0181. The first kappa shape index (κ1) is 25.4. The van der Waals surface area contributed by atoms with E-state index in [0.717, 1.165) is 36.4 Å². The summed E-state index contributed by atoms with van der Waals surface area (Å²) in [4.78, 5) is 21.5. The lowest BCUT2D eigenvalue weighted by Gasteiger charge is -2.31. The molecule has 0 spiro atoms. The predicted octanol–water partition coefficient (Wildman–Crippen LogP) is 7.46. The van der Waals surface area contributed by atoms with E-state index in [1.54, 1.807) is 0 Å². The molecule has 0 atom stereocenters. The van der Waals surface area contributed by atoms with Crippen molar-refractivity contribution >= 4 is 40.5 Å². The van der Waals surface area contributed by atoms with E-state index in [9.17, 15) is 4.79 Å². The topological polar surface area (TPSA) is 51.1 Å². The molecule has 3 aliphatic rings. The summed E-state index contributed by atoms with van der Waals surface area (Å²) < 4.78 is 11.7. The van der Waals surface area contributed by atoms with Crippen LogP contribution in [0.1, 0.15) is 90.5 Å². The molecule has 4 rings (SSSR count). The van der Waals surface area contributed by atoms with Crippen LogP contribution in [-0.4, -0.2) is 40.8 Å². The average molecular weight is 505 g/mol. The molecule has 2 saturated carbocycles. The fourth-order valence-corrected chi connectivity index (χ4v) is 6.41. The Morgan fingerprint density at radius 3 is 2.44 bits per heavy atom. The molecule has 0 radical (unpaired) electrons. The summed E-state index contributed by atoms with van der Waals surface area (Å²) >= 11 is 8.11. The summed E-state index contributed by atoms with van der Waals surface area (Å²) in [5.74, 6) is 1.23. The van der Waals surface area contributed by atoms with Crippen molar-refractivity contribution in [2.75, 3.05) is 6.61 Å². The molecule has 0 unspecified atom stereocenters. The van der Waals surface area contributed by atoms with Crippen molar-refractivity contribution in [1.82, 2.24) is 4.90 Å². The van der Waals surface area contributed by atoms with Crippen molar-refractivity contribution in [2.24, 2.45) is 4.99 Å². The first-order chi connectivity index (χ1) is 16.5. The number of carbonyl (C=O) groups is 1. The maximum absolute atomic E-state index is 13.6. The molecular formula is C27H37ClN2O3S. The van der Waals surface area contributed by atoms with E-state index >= 15 is 0 Å². The Hall–Kier alpha value is -1.66. The molecule has 1 heterocycles. The van der Waals surface area contributed by atoms with Crippen molar-refractivity contribution in [2.45, 2.75) is 103 Å². The molecule has 1 aliphatic heterocycles. The van der Waals surface area contributed by atoms with Gasteiger partial charge in [0, 0.05) is 6.04 Å². The standard InChI is InChI=1S/C27H37ClN2O3S/c1-4-32-23-16-19(15-22(28)25(23)33-18(2)3)17-24-26(31)30(21-13-9-6-10-14-21)27(34-24)29-20-11-7-5-8-12-20/h15-18,20-21H,4-14H2,1-3H3. The summed E-state index contributed by atoms with van der Waals surface area (Å²) in [6.07, 6.45) is 13.7. The molecule has 1 saturated heterocycles. The van der Waals surface area contributed by atoms with Crippen LogP contribution in [0.25, 0.3) is 6.08 Å². The van der Waals surface area contributed by atoms with Crippen LogP contribution in [-0.2, 0) is 4.79 Å². The van der Waals surface area contributed by atoms with E-state index in [1.165, 1.54) is 50.3 Å². The fourth-order valence-electron chi connectivity index (χ4n) is 5.04. The maximum Gasteiger partial charge on any atom is 0.266 e. The van der Waals surface area contributed by atoms with Gasteiger partial charge >= 0.3 is 0 Å². The Balaban J connectivity index is 1.65. The zero-order chi connectivity index (χ0) is 24.1. The molecule has 3 fully saturated rings. The first-order valence-electron chi connectivity index (χ1n) is 12.9. The molecule has 1 aromatic rings. The Labute approximate surface area is 213 Å². The fraction of sp³-hybridized carbons (Fsp3) is 0.630. The SMILES string of the molecule is CCOc1cc(C=C2SC(=NC3CCCCC3)N(C3CCCCC3)C2=O)cc(Cl)c1OC(C)C. The van der Waals surface area contributed by atoms with Gasteiger partial charge in [0.15, 0.2) is 16.7 Å². The van der Waals surface area contributed by atoms with Crippen LogP contribution in [0, 0.1) is 0 Å². The number of halogens is 1. The smallest absolute Gasteiger partial charge is 0.266 e. The number of nitrogens with zero attached hydrogens (tertiary/aromatic N) is 2. The molecule has 0 aromatic heterocycles. The summed E-state index contributed by atoms with van der Waals surface area (Å²) in [5.41, 5.74) is 0.836. The number of thioether (sulfide) groups is 1. The van der Waals surface area contributed by atoms with Crippen molar-refractivity contribution in [3.05, 3.63) is 27.6 Å². The Bertz CT molecular complexity index is 934. The van der Waals surface area contributed by atoms with E-state index in [-0.39, 0.29) is 18.1 Å². The minimum absolute atomic E-state index is 0.0181. The van der Waals surface area contributed by atoms with Gasteiger partial charge in [-0.1, -0.05) is 50.1 Å². The highest BCUT2D eigenvalue weighted by Gasteiger charge is 2.39. The normalized spacial score (nSPS) is 22.9. The molecule has 0 N–H and O–H groups in total. The van der Waals surface area contributed by atoms with E-state index in [2.05, 4.69) is 0 Å². The summed E-state index contributed by atoms with van der Waals surface area (Å²) in [7, 11) is 0. The Kier molecular flexibility index (Phi) is 8.86. The number of amidine groups is 1. The second-order valence-corrected chi connectivity index (χ2v) is 11.1. The molecule has 0 bridgehead atoms. The first-order valence-corrected chi connectivity index (χ1v) is 14.1. The van der Waals surface area contributed by atoms with E-state index in [4.69, 9.17) is 26.1 Å². The number of aliphatic imine (C=N–C) groups is 1. The predicted molar refractivity (Wildman–Crippen MR) is 142 cm³/mol. The van der Waals surface area contributed by atoms with Crippen LogP contribution in [0.15, 0.2) is 22.0 Å². The molecule has 1 amide bonds. The van der Waals surface area contributed by atoms with Crippen molar-refractivity contribution in [1.29, 1.82) is 0 Å². The Morgan fingerprint density at radius 2 is 1.79 bits per heavy atom. The summed E-state index contributed by atoms with van der Waals surface area (Å²) in [6.45, 7) is 6.36. The van der Waals surface area contributed by atoms with Gasteiger partial charge in [-0.15, -0.1) is 0 Å². The third kappa shape index (κ3) is 6.12. The third-order valence-corrected chi connectivity index (χ3v) is 7.91. The minimum Gasteiger partial charge on any atom is -0.490 e. The van der Waals surface area contributed by atoms with E-state index < -0.39 is 0 Å². The van der Waals surface area contributed by atoms with E-state index in [0.29, 0.717) is 34.1 Å². The third-order valence-electron chi connectivity index (χ3n) is 6.63. The van der Waals surface area contributed by atoms with Crippen LogP contribution in [0.4, 0.5) is 0 Å². The highest BCUT2D eigenvalue weighted by atomic mass is 35.5. The number of carbonyl (C=O) groups excluding carboxylic acids is 1. The van der Waals surface area contributed by atoms with Crippen molar-refractivity contribution < 1.29 is 14.3 Å². The molecule has 186 valence electrons. The van der Waals surface area contributed by atoms with Crippen LogP contribution < -0.4 is 9.47 Å². The molecule has 5 nitrogen and oxygen atoms in total. The number of amides is 1. The van der Waals surface area contributed by atoms with Crippen LogP contribution in [0.5, 0.6) is 11.5 Å². The van der Waals surface area contributed by atoms with Gasteiger partial charge in [-0.2, -0.15) is 0 Å². The second kappa shape index (κ2) is 11.9. The monoisotopic (exact) mass is 504 g/mol. The van der Waals surface area contributed by atoms with Gasteiger partial charge in [0.05, 0.1) is 28.7 Å². The van der Waals surface area contributed by atoms with Gasteiger partial charge in [0.25, 0.3) is 5.91 Å². The number of hydrogen-bond acceptors (Lipinski definition) is 5. The number of hydrogen-bond donors (Lipinski definition) is 0. The molecule has 7 heteroatoms. The highest BCUT2D eigenvalue weighted by Crippen LogP contribution is 2.41. The zero-order valence-electron chi connectivity index (χ0n) is 20.6. The number of rotatable bonds is 7. The van der Waals surface area contributed by atoms with Gasteiger partial charge in [-0.3, -0.25) is 14.7 Å². The van der Waals surface area contributed by atoms with Crippen LogP contribution in [0.3, 0.4) is 0 Å². The van der Waals surface area contributed by atoms with Crippen LogP contribution >= 0.6 is 23.4 Å². The second-order valence-electron chi connectivity index (χ2n) is 9.71. The van der Waals surface area contributed by atoms with Crippen LogP contribution in [0.2, 0.25) is 5.02 Å². The molecule has 1 aromatic carbocycles. The highest BCUT2D eigenvalue weighted by molar-refractivity contribution is 8.18.